The van der Waals surface area contributed by atoms with Crippen LogP contribution in [0, 0.1) is 5.82 Å². The molecule has 1 amide bonds. The van der Waals surface area contributed by atoms with Crippen molar-refractivity contribution in [3.05, 3.63) is 76.5 Å². The van der Waals surface area contributed by atoms with Gasteiger partial charge in [-0.1, -0.05) is 5.21 Å². The van der Waals surface area contributed by atoms with Gasteiger partial charge < -0.3 is 20.5 Å². The first-order chi connectivity index (χ1) is 14.9. The highest BCUT2D eigenvalue weighted by Crippen LogP contribution is 2.19. The largest absolute Gasteiger partial charge is 0.443 e. The molecule has 0 fully saturated rings. The summed E-state index contributed by atoms with van der Waals surface area (Å²) in [4.78, 5) is 27.2. The van der Waals surface area contributed by atoms with Gasteiger partial charge in [0, 0.05) is 16.5 Å². The number of carbonyl (C=O) groups is 1. The van der Waals surface area contributed by atoms with Gasteiger partial charge in [-0.15, -0.1) is 5.10 Å². The Balaban J connectivity index is 1.56. The number of nitrogens with zero attached hydrogens (tertiary/aromatic N) is 3. The van der Waals surface area contributed by atoms with E-state index in [1.54, 1.807) is 36.5 Å². The van der Waals surface area contributed by atoms with Crippen LogP contribution in [-0.2, 0) is 0 Å². The molecule has 4 rings (SSSR count). The number of fused-ring (bicyclic) bond motifs is 1. The van der Waals surface area contributed by atoms with Crippen molar-refractivity contribution in [2.75, 3.05) is 13.2 Å². The number of aliphatic hydroxyl groups excluding tert-OH is 1. The Morgan fingerprint density at radius 2 is 2.00 bits per heavy atom. The third kappa shape index (κ3) is 4.34. The van der Waals surface area contributed by atoms with Gasteiger partial charge in [-0.05, 0) is 48.5 Å². The van der Waals surface area contributed by atoms with Gasteiger partial charge in [-0.2, -0.15) is 0 Å². The van der Waals surface area contributed by atoms with E-state index in [2.05, 4.69) is 20.6 Å². The second kappa shape index (κ2) is 8.46. The Labute approximate surface area is 174 Å². The van der Waals surface area contributed by atoms with Crippen molar-refractivity contribution in [1.29, 1.82) is 0 Å². The van der Waals surface area contributed by atoms with Gasteiger partial charge in [0.2, 0.25) is 0 Å². The lowest BCUT2D eigenvalue weighted by Gasteiger charge is -2.08. The van der Waals surface area contributed by atoms with Crippen LogP contribution in [0.15, 0.2) is 59.5 Å². The van der Waals surface area contributed by atoms with E-state index >= 15 is 0 Å². The average molecular weight is 424 g/mol. The normalized spacial score (nSPS) is 12.1. The van der Waals surface area contributed by atoms with E-state index in [-0.39, 0.29) is 30.2 Å². The maximum atomic E-state index is 13.5. The molecule has 10 heteroatoms. The number of H-pyrrole nitrogens is 1. The number of hydrogen-bond acceptors (Lipinski definition) is 5. The van der Waals surface area contributed by atoms with Crippen molar-refractivity contribution in [1.82, 2.24) is 25.3 Å². The van der Waals surface area contributed by atoms with Crippen LogP contribution in [0.5, 0.6) is 0 Å². The third-order valence-corrected chi connectivity index (χ3v) is 4.70. The molecule has 31 heavy (non-hydrogen) atoms. The standard InChI is InChI=1S/C21H18FN5O4/c22-14-3-6-18-13(7-14)8-17(21(31)24-18)19-10-27(26-25-19)15-4-1-12(2-5-15)20(30)23-9-16(29)11-28/h1-8,10,16,28-29H,9,11H2,(H,23,30)(H,24,31)/p+1/t16-/m1/s1. The van der Waals surface area contributed by atoms with Crippen LogP contribution in [0.25, 0.3) is 27.8 Å². The minimum Gasteiger partial charge on any atom is -0.443 e. The molecular formula is C21H19FN5O4+. The number of benzene rings is 2. The summed E-state index contributed by atoms with van der Waals surface area (Å²) in [5, 5.41) is 27.6. The highest BCUT2D eigenvalue weighted by Gasteiger charge is 2.13. The van der Waals surface area contributed by atoms with Crippen molar-refractivity contribution < 1.29 is 19.4 Å². The Hall–Kier alpha value is -3.89. The highest BCUT2D eigenvalue weighted by atomic mass is 19.1. The summed E-state index contributed by atoms with van der Waals surface area (Å²) in [6.45, 7) is -0.191. The molecule has 158 valence electrons. The summed E-state index contributed by atoms with van der Waals surface area (Å²) in [5.74, 6) is -0.777. The van der Waals surface area contributed by atoms with Crippen molar-refractivity contribution >= 4 is 16.8 Å². The molecule has 1 atom stereocenters. The summed E-state index contributed by atoms with van der Waals surface area (Å²) in [7, 11) is 0. The molecule has 4 aromatic rings. The van der Waals surface area contributed by atoms with Gasteiger partial charge in [-0.25, -0.2) is 9.07 Å². The van der Waals surface area contributed by atoms with Gasteiger partial charge in [0.05, 0.1) is 24.0 Å². The topological polar surface area (TPSA) is 136 Å². The molecule has 2 heterocycles. The van der Waals surface area contributed by atoms with E-state index in [4.69, 9.17) is 5.11 Å². The number of amides is 1. The SMILES string of the molecule is O=C(NC[C@@H](O)C[OH2+])c1ccc(-n2cc(-c3cc4cc(F)ccc4[nH]c3=O)nn2)cc1. The zero-order valence-electron chi connectivity index (χ0n) is 16.2. The van der Waals surface area contributed by atoms with Crippen molar-refractivity contribution in [2.24, 2.45) is 0 Å². The zero-order chi connectivity index (χ0) is 22.0. The fraction of sp³-hybridized carbons (Fsp3) is 0.143. The van der Waals surface area contributed by atoms with E-state index in [1.807, 2.05) is 0 Å². The number of rotatable bonds is 6. The average Bonchev–Trinajstić information content (AvgIpc) is 3.27. The molecule has 9 nitrogen and oxygen atoms in total. The number of halogens is 1. The van der Waals surface area contributed by atoms with Crippen molar-refractivity contribution in [2.45, 2.75) is 6.10 Å². The summed E-state index contributed by atoms with van der Waals surface area (Å²) in [6, 6.07) is 12.2. The number of aromatic amines is 1. The van der Waals surface area contributed by atoms with Gasteiger partial charge in [0.25, 0.3) is 11.5 Å². The van der Waals surface area contributed by atoms with Crippen LogP contribution in [0.1, 0.15) is 10.4 Å². The second-order valence-corrected chi connectivity index (χ2v) is 6.91. The molecule has 2 aromatic heterocycles. The Morgan fingerprint density at radius 1 is 1.23 bits per heavy atom. The molecule has 2 aromatic carbocycles. The number of aromatic nitrogens is 4. The van der Waals surface area contributed by atoms with Gasteiger partial charge in [0.1, 0.15) is 17.6 Å². The van der Waals surface area contributed by atoms with E-state index in [0.717, 1.165) is 0 Å². The number of nitrogens with one attached hydrogen (secondary N) is 2. The summed E-state index contributed by atoms with van der Waals surface area (Å²) in [6.07, 6.45) is 0.654. The molecule has 0 saturated heterocycles. The summed E-state index contributed by atoms with van der Waals surface area (Å²) in [5.41, 5.74) is 1.73. The first-order valence-electron chi connectivity index (χ1n) is 9.41. The lowest BCUT2D eigenvalue weighted by molar-refractivity contribution is 0.0802. The summed E-state index contributed by atoms with van der Waals surface area (Å²) >= 11 is 0. The van der Waals surface area contributed by atoms with E-state index in [0.29, 0.717) is 27.8 Å². The van der Waals surface area contributed by atoms with Gasteiger partial charge in [0.15, 0.2) is 6.61 Å². The lowest BCUT2D eigenvalue weighted by Crippen LogP contribution is -2.33. The first kappa shape index (κ1) is 20.4. The maximum absolute atomic E-state index is 13.5. The monoisotopic (exact) mass is 424 g/mol. The molecule has 0 aliphatic carbocycles. The van der Waals surface area contributed by atoms with Crippen LogP contribution in [-0.4, -0.2) is 55.4 Å². The Morgan fingerprint density at radius 3 is 2.74 bits per heavy atom. The number of pyridine rings is 1. The smallest absolute Gasteiger partial charge is 0.258 e. The van der Waals surface area contributed by atoms with Crippen LogP contribution >= 0.6 is 0 Å². The minimum atomic E-state index is -0.911. The number of aliphatic hydroxyl groups is 1. The molecule has 0 radical (unpaired) electrons. The first-order valence-corrected chi connectivity index (χ1v) is 9.41. The fourth-order valence-electron chi connectivity index (χ4n) is 3.03. The lowest BCUT2D eigenvalue weighted by atomic mass is 10.1. The molecule has 0 bridgehead atoms. The molecule has 5 N–H and O–H groups in total. The van der Waals surface area contributed by atoms with Crippen LogP contribution in [0.2, 0.25) is 0 Å². The minimum absolute atomic E-state index is 0.000719. The Bertz CT molecular complexity index is 1300. The van der Waals surface area contributed by atoms with Crippen LogP contribution in [0.3, 0.4) is 0 Å². The van der Waals surface area contributed by atoms with Crippen LogP contribution < -0.4 is 10.9 Å². The fourth-order valence-corrected chi connectivity index (χ4v) is 3.03. The quantitative estimate of drug-likeness (QED) is 0.392. The van der Waals surface area contributed by atoms with Gasteiger partial charge >= 0.3 is 0 Å². The molecule has 0 aliphatic rings. The predicted molar refractivity (Wildman–Crippen MR) is 112 cm³/mol. The Kier molecular flexibility index (Phi) is 5.56. The molecule has 0 saturated carbocycles. The van der Waals surface area contributed by atoms with Gasteiger partial charge in [-0.3, -0.25) is 9.59 Å². The second-order valence-electron chi connectivity index (χ2n) is 6.91. The predicted octanol–water partition coefficient (Wildman–Crippen LogP) is 0.730. The zero-order valence-corrected chi connectivity index (χ0v) is 16.2. The molecule has 0 unspecified atom stereocenters. The van der Waals surface area contributed by atoms with E-state index in [1.165, 1.54) is 22.9 Å². The number of hydrogen-bond donors (Lipinski definition) is 3. The van der Waals surface area contributed by atoms with Crippen molar-refractivity contribution in [3.8, 4) is 16.9 Å². The third-order valence-electron chi connectivity index (χ3n) is 4.70. The van der Waals surface area contributed by atoms with E-state index < -0.39 is 11.9 Å². The molecule has 0 spiro atoms. The number of carbonyl (C=O) groups excluding carboxylic acids is 1. The highest BCUT2D eigenvalue weighted by molar-refractivity contribution is 5.94. The molecular weight excluding hydrogens is 405 g/mol. The van der Waals surface area contributed by atoms with Crippen LogP contribution in [0.4, 0.5) is 4.39 Å². The van der Waals surface area contributed by atoms with Crippen molar-refractivity contribution in [3.63, 3.8) is 0 Å². The molecule has 0 aliphatic heterocycles. The maximum Gasteiger partial charge on any atom is 0.258 e. The van der Waals surface area contributed by atoms with E-state index in [9.17, 15) is 19.1 Å². The summed E-state index contributed by atoms with van der Waals surface area (Å²) < 4.78 is 15.0.